The number of nitrogens with zero attached hydrogens (tertiary/aromatic N) is 2. The van der Waals surface area contributed by atoms with Gasteiger partial charge in [-0.3, -0.25) is 4.79 Å². The van der Waals surface area contributed by atoms with Crippen molar-refractivity contribution in [1.82, 2.24) is 9.78 Å². The van der Waals surface area contributed by atoms with E-state index in [4.69, 9.17) is 5.11 Å². The highest BCUT2D eigenvalue weighted by Crippen LogP contribution is 2.21. The van der Waals surface area contributed by atoms with Gasteiger partial charge in [-0.2, -0.15) is 5.10 Å². The molecule has 0 saturated heterocycles. The van der Waals surface area contributed by atoms with Crippen molar-refractivity contribution >= 4 is 0 Å². The third-order valence-corrected chi connectivity index (χ3v) is 3.96. The van der Waals surface area contributed by atoms with Gasteiger partial charge in [-0.25, -0.2) is 4.68 Å². The second kappa shape index (κ2) is 7.23. The first-order chi connectivity index (χ1) is 11.7. The first-order valence-electron chi connectivity index (χ1n) is 8.00. The Kier molecular flexibility index (Phi) is 4.87. The quantitative estimate of drug-likeness (QED) is 0.786. The van der Waals surface area contributed by atoms with Crippen LogP contribution in [0.5, 0.6) is 0 Å². The molecule has 2 aromatic carbocycles. The molecule has 0 atom stereocenters. The highest BCUT2D eigenvalue weighted by atomic mass is 16.2. The minimum Gasteiger partial charge on any atom is -0.396 e. The molecular formula is C20H20N2O2. The molecule has 0 spiro atoms. The predicted octanol–water partition coefficient (Wildman–Crippen LogP) is 2.80. The number of aromatic nitrogens is 2. The molecular weight excluding hydrogens is 300 g/mol. The highest BCUT2D eigenvalue weighted by Gasteiger charge is 2.09. The average Bonchev–Trinajstić information content (AvgIpc) is 2.59. The minimum absolute atomic E-state index is 0.105. The summed E-state index contributed by atoms with van der Waals surface area (Å²) in [6.07, 6.45) is 0.608. The van der Waals surface area contributed by atoms with Crippen molar-refractivity contribution in [1.29, 1.82) is 0 Å². The number of aliphatic hydroxyl groups excluding tert-OH is 1. The van der Waals surface area contributed by atoms with Crippen LogP contribution in [0.4, 0.5) is 0 Å². The molecule has 0 unspecified atom stereocenters. The maximum Gasteiger partial charge on any atom is 0.267 e. The molecule has 0 bridgehead atoms. The monoisotopic (exact) mass is 320 g/mol. The van der Waals surface area contributed by atoms with Crippen LogP contribution in [0.15, 0.2) is 65.5 Å². The molecule has 1 N–H and O–H groups in total. The normalized spacial score (nSPS) is 10.8. The van der Waals surface area contributed by atoms with Crippen molar-refractivity contribution in [2.24, 2.45) is 0 Å². The van der Waals surface area contributed by atoms with Gasteiger partial charge < -0.3 is 5.11 Å². The molecule has 3 aromatic rings. The van der Waals surface area contributed by atoms with Crippen molar-refractivity contribution in [3.63, 3.8) is 0 Å². The molecule has 24 heavy (non-hydrogen) atoms. The lowest BCUT2D eigenvalue weighted by molar-refractivity contribution is 0.299. The molecule has 0 fully saturated rings. The Morgan fingerprint density at radius 1 is 1.00 bits per heavy atom. The topological polar surface area (TPSA) is 55.1 Å². The number of hydrogen-bond acceptors (Lipinski definition) is 3. The summed E-state index contributed by atoms with van der Waals surface area (Å²) in [5.74, 6) is 0. The fraction of sp³-hybridized carbons (Fsp3) is 0.200. The van der Waals surface area contributed by atoms with Crippen molar-refractivity contribution in [3.05, 3.63) is 87.7 Å². The summed E-state index contributed by atoms with van der Waals surface area (Å²) in [5, 5.41) is 13.7. The zero-order valence-corrected chi connectivity index (χ0v) is 13.6. The van der Waals surface area contributed by atoms with E-state index in [1.807, 2.05) is 61.5 Å². The number of aliphatic hydroxyl groups is 1. The van der Waals surface area contributed by atoms with Crippen LogP contribution in [-0.2, 0) is 13.0 Å². The van der Waals surface area contributed by atoms with Gasteiger partial charge >= 0.3 is 0 Å². The first-order valence-corrected chi connectivity index (χ1v) is 8.00. The van der Waals surface area contributed by atoms with E-state index in [1.165, 1.54) is 4.68 Å². The molecule has 4 heteroatoms. The number of aryl methyl sites for hydroxylation is 1. The Hall–Kier alpha value is -2.72. The number of hydrogen-bond donors (Lipinski definition) is 1. The molecule has 0 amide bonds. The van der Waals surface area contributed by atoms with Gasteiger partial charge in [0.1, 0.15) is 0 Å². The van der Waals surface area contributed by atoms with E-state index < -0.39 is 0 Å². The molecule has 0 aliphatic heterocycles. The van der Waals surface area contributed by atoms with Gasteiger partial charge in [-0.05, 0) is 36.1 Å². The lowest BCUT2D eigenvalue weighted by Gasteiger charge is -2.11. The Morgan fingerprint density at radius 3 is 2.50 bits per heavy atom. The Morgan fingerprint density at radius 2 is 1.75 bits per heavy atom. The van der Waals surface area contributed by atoms with Crippen molar-refractivity contribution in [3.8, 4) is 11.3 Å². The van der Waals surface area contributed by atoms with Crippen molar-refractivity contribution in [2.45, 2.75) is 19.9 Å². The molecule has 0 aliphatic carbocycles. The fourth-order valence-electron chi connectivity index (χ4n) is 2.74. The number of rotatable bonds is 5. The predicted molar refractivity (Wildman–Crippen MR) is 95.0 cm³/mol. The van der Waals surface area contributed by atoms with Crippen LogP contribution in [0.1, 0.15) is 16.7 Å². The summed E-state index contributed by atoms with van der Waals surface area (Å²) in [4.78, 5) is 12.3. The van der Waals surface area contributed by atoms with Crippen molar-refractivity contribution < 1.29 is 5.11 Å². The van der Waals surface area contributed by atoms with E-state index in [1.54, 1.807) is 6.07 Å². The van der Waals surface area contributed by atoms with E-state index in [2.05, 4.69) is 5.10 Å². The fourth-order valence-corrected chi connectivity index (χ4v) is 2.74. The van der Waals surface area contributed by atoms with Crippen LogP contribution < -0.4 is 5.56 Å². The summed E-state index contributed by atoms with van der Waals surface area (Å²) in [5.41, 5.74) is 4.59. The van der Waals surface area contributed by atoms with Gasteiger partial charge in [0.2, 0.25) is 0 Å². The van der Waals surface area contributed by atoms with Crippen LogP contribution >= 0.6 is 0 Å². The summed E-state index contributed by atoms with van der Waals surface area (Å²) < 4.78 is 1.50. The summed E-state index contributed by atoms with van der Waals surface area (Å²) in [6, 6.07) is 19.4. The van der Waals surface area contributed by atoms with E-state index in [-0.39, 0.29) is 12.2 Å². The summed E-state index contributed by atoms with van der Waals surface area (Å²) in [7, 11) is 0. The third kappa shape index (κ3) is 3.60. The molecule has 1 aromatic heterocycles. The smallest absolute Gasteiger partial charge is 0.267 e. The van der Waals surface area contributed by atoms with Gasteiger partial charge in [-0.1, -0.05) is 48.5 Å². The standard InChI is InChI=1S/C20H20N2O2/c1-15-12-19(24)22(14-17-6-3-2-4-7-17)21-20(15)18-9-5-8-16(13-18)10-11-23/h2-9,12-13,23H,10-11,14H2,1H3. The lowest BCUT2D eigenvalue weighted by Crippen LogP contribution is -2.24. The maximum absolute atomic E-state index is 12.3. The molecule has 122 valence electrons. The second-order valence-corrected chi connectivity index (χ2v) is 5.83. The molecule has 1 heterocycles. The third-order valence-electron chi connectivity index (χ3n) is 3.96. The van der Waals surface area contributed by atoms with Gasteiger partial charge in [0.05, 0.1) is 12.2 Å². The zero-order chi connectivity index (χ0) is 16.9. The minimum atomic E-state index is -0.105. The van der Waals surface area contributed by atoms with Crippen LogP contribution in [0, 0.1) is 6.92 Å². The molecule has 0 radical (unpaired) electrons. The average molecular weight is 320 g/mol. The Labute approximate surface area is 141 Å². The van der Waals surface area contributed by atoms with E-state index >= 15 is 0 Å². The van der Waals surface area contributed by atoms with Gasteiger partial charge in [0, 0.05) is 18.2 Å². The molecule has 3 rings (SSSR count). The summed E-state index contributed by atoms with van der Waals surface area (Å²) >= 11 is 0. The van der Waals surface area contributed by atoms with E-state index in [9.17, 15) is 4.79 Å². The first kappa shape index (κ1) is 16.1. The van der Waals surface area contributed by atoms with Crippen LogP contribution in [0.25, 0.3) is 11.3 Å². The number of benzene rings is 2. The van der Waals surface area contributed by atoms with Gasteiger partial charge in [0.25, 0.3) is 5.56 Å². The maximum atomic E-state index is 12.3. The van der Waals surface area contributed by atoms with Crippen LogP contribution in [0.2, 0.25) is 0 Å². The zero-order valence-electron chi connectivity index (χ0n) is 13.6. The van der Waals surface area contributed by atoms with Gasteiger partial charge in [-0.15, -0.1) is 0 Å². The lowest BCUT2D eigenvalue weighted by atomic mass is 10.0. The Bertz CT molecular complexity index is 886. The van der Waals surface area contributed by atoms with Gasteiger partial charge in [0.15, 0.2) is 0 Å². The molecule has 0 saturated carbocycles. The van der Waals surface area contributed by atoms with Crippen LogP contribution in [0.3, 0.4) is 0 Å². The van der Waals surface area contributed by atoms with Crippen molar-refractivity contribution in [2.75, 3.05) is 6.61 Å². The SMILES string of the molecule is Cc1cc(=O)n(Cc2ccccc2)nc1-c1cccc(CCO)c1. The second-order valence-electron chi connectivity index (χ2n) is 5.83. The molecule has 0 aliphatic rings. The Balaban J connectivity index is 2.01. The summed E-state index contributed by atoms with van der Waals surface area (Å²) in [6.45, 7) is 2.46. The van der Waals surface area contributed by atoms with E-state index in [0.717, 1.165) is 27.9 Å². The van der Waals surface area contributed by atoms with Crippen LogP contribution in [-0.4, -0.2) is 21.5 Å². The molecule has 4 nitrogen and oxygen atoms in total. The highest BCUT2D eigenvalue weighted by molar-refractivity contribution is 5.63. The largest absolute Gasteiger partial charge is 0.396 e. The van der Waals surface area contributed by atoms with E-state index in [0.29, 0.717) is 13.0 Å².